The first-order valence-corrected chi connectivity index (χ1v) is 3.15. The monoisotopic (exact) mass is 151 g/mol. The third-order valence-electron chi connectivity index (χ3n) is 1.50. The van der Waals surface area contributed by atoms with E-state index >= 15 is 0 Å². The van der Waals surface area contributed by atoms with Gasteiger partial charge in [-0.2, -0.15) is 0 Å². The molecule has 0 unspecified atom stereocenters. The Kier molecular flexibility index (Phi) is 1.09. The molecule has 0 aromatic carbocycles. The maximum atomic E-state index is 12.6. The van der Waals surface area contributed by atoms with Gasteiger partial charge in [-0.25, -0.2) is 9.37 Å². The van der Waals surface area contributed by atoms with Crippen LogP contribution in [0.2, 0.25) is 0 Å². The lowest BCUT2D eigenvalue weighted by atomic mass is 10.4. The maximum absolute atomic E-state index is 12.6. The molecule has 56 valence electrons. The van der Waals surface area contributed by atoms with E-state index in [4.69, 9.17) is 5.73 Å². The molecule has 0 bridgehead atoms. The van der Waals surface area contributed by atoms with Gasteiger partial charge in [0, 0.05) is 12.3 Å². The molecule has 0 aliphatic heterocycles. The standard InChI is InChI=1S/C7H6FN3/c8-5-1-2-11-6(9)4-10-7(11)3-5/h1-4H,9H2. The second-order valence-corrected chi connectivity index (χ2v) is 2.26. The van der Waals surface area contributed by atoms with Gasteiger partial charge in [0.2, 0.25) is 0 Å². The number of anilines is 1. The average Bonchev–Trinajstić information content (AvgIpc) is 2.32. The minimum absolute atomic E-state index is 0.303. The highest BCUT2D eigenvalue weighted by atomic mass is 19.1. The number of aromatic nitrogens is 2. The highest BCUT2D eigenvalue weighted by Crippen LogP contribution is 2.08. The van der Waals surface area contributed by atoms with E-state index < -0.39 is 0 Å². The molecule has 11 heavy (non-hydrogen) atoms. The second-order valence-electron chi connectivity index (χ2n) is 2.26. The number of imidazole rings is 1. The molecule has 0 aliphatic rings. The van der Waals surface area contributed by atoms with E-state index in [9.17, 15) is 4.39 Å². The SMILES string of the molecule is Nc1cnc2cc(F)ccn12. The first-order chi connectivity index (χ1) is 5.27. The van der Waals surface area contributed by atoms with Crippen molar-refractivity contribution in [2.24, 2.45) is 0 Å². The fourth-order valence-corrected chi connectivity index (χ4v) is 0.975. The Bertz CT molecular complexity index is 393. The smallest absolute Gasteiger partial charge is 0.141 e. The molecule has 2 heterocycles. The minimum atomic E-state index is -0.303. The van der Waals surface area contributed by atoms with Gasteiger partial charge in [0.05, 0.1) is 6.20 Å². The van der Waals surface area contributed by atoms with Crippen LogP contribution in [0.25, 0.3) is 5.65 Å². The Morgan fingerprint density at radius 1 is 1.55 bits per heavy atom. The van der Waals surface area contributed by atoms with Crippen molar-refractivity contribution >= 4 is 11.5 Å². The molecule has 2 N–H and O–H groups in total. The van der Waals surface area contributed by atoms with E-state index in [1.54, 1.807) is 10.6 Å². The summed E-state index contributed by atoms with van der Waals surface area (Å²) < 4.78 is 14.2. The van der Waals surface area contributed by atoms with Crippen molar-refractivity contribution in [1.29, 1.82) is 0 Å². The number of nitrogen functional groups attached to an aromatic ring is 1. The van der Waals surface area contributed by atoms with Crippen molar-refractivity contribution < 1.29 is 4.39 Å². The van der Waals surface area contributed by atoms with E-state index in [-0.39, 0.29) is 5.82 Å². The highest BCUT2D eigenvalue weighted by Gasteiger charge is 1.98. The quantitative estimate of drug-likeness (QED) is 0.611. The van der Waals surface area contributed by atoms with Gasteiger partial charge in [-0.1, -0.05) is 0 Å². The zero-order chi connectivity index (χ0) is 7.84. The molecule has 4 heteroatoms. The van der Waals surface area contributed by atoms with E-state index in [0.29, 0.717) is 11.5 Å². The van der Waals surface area contributed by atoms with Crippen molar-refractivity contribution in [3.05, 3.63) is 30.3 Å². The number of nitrogens with two attached hydrogens (primary N) is 1. The van der Waals surface area contributed by atoms with E-state index in [0.717, 1.165) is 0 Å². The van der Waals surface area contributed by atoms with Gasteiger partial charge in [-0.15, -0.1) is 0 Å². The Labute approximate surface area is 62.3 Å². The van der Waals surface area contributed by atoms with Crippen LogP contribution < -0.4 is 5.73 Å². The van der Waals surface area contributed by atoms with Crippen LogP contribution in [0.1, 0.15) is 0 Å². The van der Waals surface area contributed by atoms with Crippen molar-refractivity contribution in [3.8, 4) is 0 Å². The highest BCUT2D eigenvalue weighted by molar-refractivity contribution is 5.47. The largest absolute Gasteiger partial charge is 0.383 e. The van der Waals surface area contributed by atoms with Crippen LogP contribution in [0.15, 0.2) is 24.5 Å². The third-order valence-corrected chi connectivity index (χ3v) is 1.50. The van der Waals surface area contributed by atoms with Crippen molar-refractivity contribution in [2.75, 3.05) is 5.73 Å². The Morgan fingerprint density at radius 2 is 2.36 bits per heavy atom. The molecule has 0 atom stereocenters. The molecule has 0 saturated carbocycles. The van der Waals surface area contributed by atoms with Gasteiger partial charge in [0.1, 0.15) is 17.3 Å². The fraction of sp³-hybridized carbons (Fsp3) is 0. The van der Waals surface area contributed by atoms with Crippen LogP contribution in [-0.4, -0.2) is 9.38 Å². The van der Waals surface area contributed by atoms with Gasteiger partial charge in [0.15, 0.2) is 0 Å². The normalized spacial score (nSPS) is 10.6. The number of fused-ring (bicyclic) bond motifs is 1. The van der Waals surface area contributed by atoms with Crippen LogP contribution in [-0.2, 0) is 0 Å². The number of halogens is 1. The summed E-state index contributed by atoms with van der Waals surface area (Å²) in [6.07, 6.45) is 3.04. The van der Waals surface area contributed by atoms with Gasteiger partial charge in [-0.3, -0.25) is 4.40 Å². The number of pyridine rings is 1. The number of nitrogens with zero attached hydrogens (tertiary/aromatic N) is 2. The third kappa shape index (κ3) is 0.832. The summed E-state index contributed by atoms with van der Waals surface area (Å²) in [6.45, 7) is 0. The van der Waals surface area contributed by atoms with Crippen molar-refractivity contribution in [3.63, 3.8) is 0 Å². The first-order valence-electron chi connectivity index (χ1n) is 3.15. The van der Waals surface area contributed by atoms with Gasteiger partial charge >= 0.3 is 0 Å². The molecule has 2 aromatic rings. The van der Waals surface area contributed by atoms with E-state index in [1.807, 2.05) is 0 Å². The summed E-state index contributed by atoms with van der Waals surface area (Å²) in [7, 11) is 0. The summed E-state index contributed by atoms with van der Waals surface area (Å²) in [5.41, 5.74) is 6.03. The molecular formula is C7H6FN3. The van der Waals surface area contributed by atoms with Gasteiger partial charge < -0.3 is 5.73 Å². The molecule has 2 aromatic heterocycles. The van der Waals surface area contributed by atoms with Gasteiger partial charge in [0.25, 0.3) is 0 Å². The second kappa shape index (κ2) is 1.95. The van der Waals surface area contributed by atoms with E-state index in [1.165, 1.54) is 18.3 Å². The topological polar surface area (TPSA) is 43.3 Å². The van der Waals surface area contributed by atoms with Crippen molar-refractivity contribution in [1.82, 2.24) is 9.38 Å². The lowest BCUT2D eigenvalue weighted by molar-refractivity contribution is 0.626. The summed E-state index contributed by atoms with van der Waals surface area (Å²) in [6, 6.07) is 2.67. The summed E-state index contributed by atoms with van der Waals surface area (Å²) in [5, 5.41) is 0. The summed E-state index contributed by atoms with van der Waals surface area (Å²) >= 11 is 0. The molecule has 0 amide bonds. The average molecular weight is 151 g/mol. The predicted molar refractivity (Wildman–Crippen MR) is 39.6 cm³/mol. The zero-order valence-electron chi connectivity index (χ0n) is 5.66. The molecule has 0 fully saturated rings. The van der Waals surface area contributed by atoms with Crippen molar-refractivity contribution in [2.45, 2.75) is 0 Å². The predicted octanol–water partition coefficient (Wildman–Crippen LogP) is 1.06. The number of hydrogen-bond donors (Lipinski definition) is 1. The molecule has 0 spiro atoms. The lowest BCUT2D eigenvalue weighted by Crippen LogP contribution is -1.91. The number of hydrogen-bond acceptors (Lipinski definition) is 2. The van der Waals surface area contributed by atoms with Crippen LogP contribution in [0, 0.1) is 5.82 Å². The minimum Gasteiger partial charge on any atom is -0.383 e. The Hall–Kier alpha value is -1.58. The zero-order valence-corrected chi connectivity index (χ0v) is 5.66. The lowest BCUT2D eigenvalue weighted by Gasteiger charge is -1.93. The molecule has 0 aliphatic carbocycles. The molecule has 0 radical (unpaired) electrons. The van der Waals surface area contributed by atoms with Crippen LogP contribution in [0.5, 0.6) is 0 Å². The summed E-state index contributed by atoms with van der Waals surface area (Å²) in [4.78, 5) is 3.88. The summed E-state index contributed by atoms with van der Waals surface area (Å²) in [5.74, 6) is 0.211. The maximum Gasteiger partial charge on any atom is 0.141 e. The molecule has 3 nitrogen and oxygen atoms in total. The van der Waals surface area contributed by atoms with E-state index in [2.05, 4.69) is 4.98 Å². The van der Waals surface area contributed by atoms with Crippen LogP contribution >= 0.6 is 0 Å². The Morgan fingerprint density at radius 3 is 3.18 bits per heavy atom. The number of rotatable bonds is 0. The first kappa shape index (κ1) is 6.15. The molecule has 0 saturated heterocycles. The van der Waals surface area contributed by atoms with Crippen LogP contribution in [0.3, 0.4) is 0 Å². The van der Waals surface area contributed by atoms with Gasteiger partial charge in [-0.05, 0) is 6.07 Å². The van der Waals surface area contributed by atoms with Crippen LogP contribution in [0.4, 0.5) is 10.2 Å². The Balaban J connectivity index is 2.86. The fourth-order valence-electron chi connectivity index (χ4n) is 0.975. The molecular weight excluding hydrogens is 145 g/mol. The molecule has 2 rings (SSSR count).